The standard InChI is InChI=1S/C33H49NO4/c1-20(2)24-10-14-27-25(18-24)11-15-28-32(5,16-7-17-33(27,28)6)19-38-31(37)23-8-12-26(13-9-23)34-29(35)21(3)22(4)30(34)36/h11,18,20,23,26-28,35-36H,7-10,12-17,19H2,1-6H3. The van der Waals surface area contributed by atoms with Gasteiger partial charge in [-0.15, -0.1) is 0 Å². The van der Waals surface area contributed by atoms with Crippen LogP contribution in [0.3, 0.4) is 0 Å². The third-order valence-electron chi connectivity index (χ3n) is 11.3. The predicted molar refractivity (Wildman–Crippen MR) is 151 cm³/mol. The minimum absolute atomic E-state index is 0.0156. The normalized spacial score (nSPS) is 35.2. The highest BCUT2D eigenvalue weighted by Crippen LogP contribution is 2.62. The Labute approximate surface area is 229 Å². The van der Waals surface area contributed by atoms with Crippen LogP contribution in [0, 0.1) is 48.3 Å². The van der Waals surface area contributed by atoms with E-state index in [2.05, 4.69) is 39.8 Å². The molecule has 1 aromatic rings. The fraction of sp³-hybridized carbons (Fsp3) is 0.727. The second-order valence-electron chi connectivity index (χ2n) is 13.9. The highest BCUT2D eigenvalue weighted by molar-refractivity contribution is 5.72. The van der Waals surface area contributed by atoms with Crippen LogP contribution in [-0.4, -0.2) is 27.4 Å². The van der Waals surface area contributed by atoms with Gasteiger partial charge in [0.25, 0.3) is 0 Å². The molecule has 38 heavy (non-hydrogen) atoms. The number of hydrogen-bond donors (Lipinski definition) is 2. The number of carbonyl (C=O) groups excluding carboxylic acids is 1. The topological polar surface area (TPSA) is 71.7 Å². The molecule has 1 aromatic heterocycles. The maximum Gasteiger partial charge on any atom is 0.308 e. The largest absolute Gasteiger partial charge is 0.494 e. The van der Waals surface area contributed by atoms with Gasteiger partial charge in [-0.05, 0) is 100 Å². The van der Waals surface area contributed by atoms with Gasteiger partial charge in [-0.2, -0.15) is 0 Å². The zero-order chi connectivity index (χ0) is 27.4. The van der Waals surface area contributed by atoms with Crippen molar-refractivity contribution in [2.45, 2.75) is 112 Å². The number of fused-ring (bicyclic) bond motifs is 3. The van der Waals surface area contributed by atoms with E-state index in [1.54, 1.807) is 15.7 Å². The lowest BCUT2D eigenvalue weighted by Crippen LogP contribution is -2.52. The first-order chi connectivity index (χ1) is 18.0. The van der Waals surface area contributed by atoms with Crippen LogP contribution in [0.25, 0.3) is 0 Å². The Balaban J connectivity index is 1.22. The van der Waals surface area contributed by atoms with Gasteiger partial charge in [0.1, 0.15) is 0 Å². The van der Waals surface area contributed by atoms with Gasteiger partial charge in [-0.25, -0.2) is 0 Å². The van der Waals surface area contributed by atoms with Crippen molar-refractivity contribution in [2.24, 2.45) is 34.5 Å². The van der Waals surface area contributed by atoms with E-state index in [0.29, 0.717) is 24.4 Å². The van der Waals surface area contributed by atoms with Crippen LogP contribution in [0.5, 0.6) is 11.8 Å². The van der Waals surface area contributed by atoms with Gasteiger partial charge < -0.3 is 14.9 Å². The van der Waals surface area contributed by atoms with Gasteiger partial charge in [0.2, 0.25) is 0 Å². The van der Waals surface area contributed by atoms with Gasteiger partial charge in [0.05, 0.1) is 12.5 Å². The van der Waals surface area contributed by atoms with Crippen LogP contribution in [0.1, 0.15) is 109 Å². The third kappa shape index (κ3) is 4.52. The van der Waals surface area contributed by atoms with Crippen molar-refractivity contribution in [3.05, 3.63) is 34.4 Å². The summed E-state index contributed by atoms with van der Waals surface area (Å²) in [5.74, 6) is 1.95. The smallest absolute Gasteiger partial charge is 0.308 e. The molecule has 4 atom stereocenters. The van der Waals surface area contributed by atoms with Gasteiger partial charge in [-0.1, -0.05) is 51.8 Å². The summed E-state index contributed by atoms with van der Waals surface area (Å²) in [4.78, 5) is 13.2. The molecule has 2 fully saturated rings. The van der Waals surface area contributed by atoms with Gasteiger partial charge in [-0.3, -0.25) is 9.36 Å². The van der Waals surface area contributed by atoms with Crippen LogP contribution in [0.4, 0.5) is 0 Å². The lowest BCUT2D eigenvalue weighted by molar-refractivity contribution is -0.160. The molecule has 0 saturated heterocycles. The summed E-state index contributed by atoms with van der Waals surface area (Å²) in [6.07, 6.45) is 15.2. The first-order valence-electron chi connectivity index (χ1n) is 15.1. The number of hydrogen-bond acceptors (Lipinski definition) is 4. The van der Waals surface area contributed by atoms with Crippen molar-refractivity contribution >= 4 is 5.97 Å². The predicted octanol–water partition coefficient (Wildman–Crippen LogP) is 7.93. The minimum atomic E-state index is -0.0948. The molecule has 0 aliphatic heterocycles. The van der Waals surface area contributed by atoms with E-state index in [0.717, 1.165) is 49.7 Å². The number of rotatable bonds is 5. The Kier molecular flexibility index (Phi) is 7.28. The molecule has 0 amide bonds. The molecule has 4 unspecified atom stereocenters. The number of aromatic hydroxyl groups is 2. The first kappa shape index (κ1) is 27.4. The fourth-order valence-electron chi connectivity index (χ4n) is 8.71. The number of esters is 1. The van der Waals surface area contributed by atoms with Gasteiger partial charge in [0.15, 0.2) is 11.8 Å². The molecule has 4 aliphatic carbocycles. The Morgan fingerprint density at radius 1 is 1.05 bits per heavy atom. The van der Waals surface area contributed by atoms with E-state index in [1.165, 1.54) is 25.7 Å². The van der Waals surface area contributed by atoms with E-state index in [-0.39, 0.29) is 40.5 Å². The average Bonchev–Trinajstić information content (AvgIpc) is 3.09. The van der Waals surface area contributed by atoms with Crippen molar-refractivity contribution in [1.29, 1.82) is 0 Å². The summed E-state index contributed by atoms with van der Waals surface area (Å²) >= 11 is 0. The van der Waals surface area contributed by atoms with Crippen molar-refractivity contribution in [1.82, 2.24) is 4.57 Å². The summed E-state index contributed by atoms with van der Waals surface area (Å²) in [6, 6.07) is 0.0204. The van der Waals surface area contributed by atoms with Crippen molar-refractivity contribution in [3.8, 4) is 11.8 Å². The van der Waals surface area contributed by atoms with Crippen molar-refractivity contribution in [2.75, 3.05) is 6.61 Å². The molecule has 210 valence electrons. The minimum Gasteiger partial charge on any atom is -0.494 e. The van der Waals surface area contributed by atoms with Crippen LogP contribution in [0.15, 0.2) is 23.3 Å². The SMILES string of the molecule is Cc1c(C)c(O)n(C2CCC(C(=O)OCC3(C)CCCC4(C)C5CCC(C(C)C)=CC5=CCC34)CC2)c1O. The van der Waals surface area contributed by atoms with Crippen LogP contribution in [0.2, 0.25) is 0 Å². The second-order valence-corrected chi connectivity index (χ2v) is 13.9. The molecular weight excluding hydrogens is 474 g/mol. The molecule has 5 nitrogen and oxygen atoms in total. The molecule has 2 N–H and O–H groups in total. The monoisotopic (exact) mass is 523 g/mol. The third-order valence-corrected chi connectivity index (χ3v) is 11.3. The van der Waals surface area contributed by atoms with Gasteiger partial charge >= 0.3 is 5.97 Å². The zero-order valence-electron chi connectivity index (χ0n) is 24.5. The summed E-state index contributed by atoms with van der Waals surface area (Å²) in [5.41, 5.74) is 4.92. The van der Waals surface area contributed by atoms with E-state index < -0.39 is 0 Å². The number of carbonyl (C=O) groups is 1. The summed E-state index contributed by atoms with van der Waals surface area (Å²) in [6.45, 7) is 13.7. The van der Waals surface area contributed by atoms with Crippen molar-refractivity contribution < 1.29 is 19.7 Å². The van der Waals surface area contributed by atoms with E-state index in [4.69, 9.17) is 4.74 Å². The molecule has 0 spiro atoms. The number of aromatic nitrogens is 1. The Bertz CT molecular complexity index is 1110. The second kappa shape index (κ2) is 10.1. The highest BCUT2D eigenvalue weighted by atomic mass is 16.5. The molecule has 4 aliphatic rings. The van der Waals surface area contributed by atoms with Crippen LogP contribution < -0.4 is 0 Å². The molecule has 2 saturated carbocycles. The molecule has 1 heterocycles. The fourth-order valence-corrected chi connectivity index (χ4v) is 8.71. The summed E-state index contributed by atoms with van der Waals surface area (Å²) in [7, 11) is 0. The zero-order valence-corrected chi connectivity index (χ0v) is 24.5. The molecule has 0 radical (unpaired) electrons. The molecular formula is C33H49NO4. The Morgan fingerprint density at radius 2 is 1.71 bits per heavy atom. The summed E-state index contributed by atoms with van der Waals surface area (Å²) in [5, 5.41) is 21.0. The molecule has 0 aromatic carbocycles. The number of allylic oxidation sites excluding steroid dienone is 4. The maximum absolute atomic E-state index is 13.2. The maximum atomic E-state index is 13.2. The average molecular weight is 524 g/mol. The quantitative estimate of drug-likeness (QED) is 0.385. The summed E-state index contributed by atoms with van der Waals surface area (Å²) < 4.78 is 7.80. The lowest BCUT2D eigenvalue weighted by Gasteiger charge is -2.58. The molecule has 0 bridgehead atoms. The van der Waals surface area contributed by atoms with E-state index in [1.807, 2.05) is 13.8 Å². The van der Waals surface area contributed by atoms with Crippen LogP contribution >= 0.6 is 0 Å². The Hall–Kier alpha value is -2.17. The Morgan fingerprint density at radius 3 is 2.34 bits per heavy atom. The highest BCUT2D eigenvalue weighted by Gasteiger charge is 2.54. The number of nitrogens with zero attached hydrogens (tertiary/aromatic N) is 1. The van der Waals surface area contributed by atoms with Crippen LogP contribution in [-0.2, 0) is 9.53 Å². The van der Waals surface area contributed by atoms with Crippen molar-refractivity contribution in [3.63, 3.8) is 0 Å². The molecule has 5 rings (SSSR count). The van der Waals surface area contributed by atoms with E-state index >= 15 is 0 Å². The first-order valence-corrected chi connectivity index (χ1v) is 15.1. The van der Waals surface area contributed by atoms with Gasteiger partial charge in [0, 0.05) is 22.6 Å². The van der Waals surface area contributed by atoms with E-state index in [9.17, 15) is 15.0 Å². The number of ether oxygens (including phenoxy) is 1. The lowest BCUT2D eigenvalue weighted by atomic mass is 9.47. The molecule has 5 heteroatoms.